The van der Waals surface area contributed by atoms with Gasteiger partial charge in [0.05, 0.1) is 0 Å². The zero-order chi connectivity index (χ0) is 9.97. The van der Waals surface area contributed by atoms with Crippen molar-refractivity contribution >= 4 is 6.03 Å². The van der Waals surface area contributed by atoms with Crippen LogP contribution < -0.4 is 5.32 Å². The van der Waals surface area contributed by atoms with Crippen LogP contribution in [0.2, 0.25) is 0 Å². The maximum Gasteiger partial charge on any atom is 0.320 e. The molecule has 0 aromatic carbocycles. The highest BCUT2D eigenvalue weighted by molar-refractivity contribution is 5.74. The van der Waals surface area contributed by atoms with Crippen LogP contribution in [0.15, 0.2) is 0 Å². The Morgan fingerprint density at radius 2 is 2.14 bits per heavy atom. The van der Waals surface area contributed by atoms with Gasteiger partial charge in [0.25, 0.3) is 0 Å². The first-order chi connectivity index (χ1) is 6.79. The van der Waals surface area contributed by atoms with Crippen molar-refractivity contribution in [2.45, 2.75) is 25.3 Å². The molecule has 0 unspecified atom stereocenters. The molecule has 4 heteroatoms. The molecule has 2 fully saturated rings. The predicted octanol–water partition coefficient (Wildman–Crippen LogP) is 0.496. The van der Waals surface area contributed by atoms with E-state index in [0.717, 1.165) is 32.6 Å². The van der Waals surface area contributed by atoms with E-state index in [1.165, 1.54) is 12.8 Å². The van der Waals surface area contributed by atoms with Crippen LogP contribution >= 0.6 is 0 Å². The highest BCUT2D eigenvalue weighted by Gasteiger charge is 2.27. The molecule has 0 bridgehead atoms. The maximum absolute atomic E-state index is 12.0. The van der Waals surface area contributed by atoms with E-state index in [-0.39, 0.29) is 6.03 Å². The number of carbonyl (C=O) groups excluding carboxylic acids is 1. The Balaban J connectivity index is 1.89. The minimum Gasteiger partial charge on any atom is -0.325 e. The van der Waals surface area contributed by atoms with E-state index >= 15 is 0 Å². The third kappa shape index (κ3) is 1.85. The van der Waals surface area contributed by atoms with Gasteiger partial charge in [0, 0.05) is 32.7 Å². The number of carbonyl (C=O) groups is 1. The molecule has 2 amide bonds. The Morgan fingerprint density at radius 1 is 1.43 bits per heavy atom. The molecule has 0 aliphatic carbocycles. The van der Waals surface area contributed by atoms with Crippen LogP contribution in [0.1, 0.15) is 19.3 Å². The molecule has 2 aliphatic rings. The highest BCUT2D eigenvalue weighted by atomic mass is 16.2. The summed E-state index contributed by atoms with van der Waals surface area (Å²) in [5.41, 5.74) is 0. The van der Waals surface area contributed by atoms with Crippen molar-refractivity contribution in [3.63, 3.8) is 0 Å². The molecule has 2 rings (SSSR count). The van der Waals surface area contributed by atoms with E-state index in [4.69, 9.17) is 0 Å². The van der Waals surface area contributed by atoms with E-state index in [1.807, 2.05) is 16.8 Å². The molecular formula is C10H19N3O. The Hall–Kier alpha value is -0.770. The number of nitrogens with one attached hydrogen (secondary N) is 1. The smallest absolute Gasteiger partial charge is 0.320 e. The van der Waals surface area contributed by atoms with Gasteiger partial charge >= 0.3 is 6.03 Å². The lowest BCUT2D eigenvalue weighted by atomic mass is 10.2. The maximum atomic E-state index is 12.0. The topological polar surface area (TPSA) is 35.6 Å². The van der Waals surface area contributed by atoms with E-state index in [1.54, 1.807) is 0 Å². The summed E-state index contributed by atoms with van der Waals surface area (Å²) in [6.45, 7) is 3.89. The summed E-state index contributed by atoms with van der Waals surface area (Å²) in [7, 11) is 1.93. The van der Waals surface area contributed by atoms with Crippen molar-refractivity contribution in [1.82, 2.24) is 15.1 Å². The van der Waals surface area contributed by atoms with Crippen molar-refractivity contribution in [2.75, 3.05) is 33.2 Å². The summed E-state index contributed by atoms with van der Waals surface area (Å²) in [4.78, 5) is 15.8. The standard InChI is InChI=1S/C10H19N3O/c1-12(9-4-5-11-8-9)10(14)13-6-2-3-7-13/h9,11H,2-8H2,1H3/t9-/m0/s1. The Morgan fingerprint density at radius 3 is 2.71 bits per heavy atom. The van der Waals surface area contributed by atoms with Gasteiger partial charge in [-0.15, -0.1) is 0 Å². The molecule has 2 heterocycles. The molecule has 0 aromatic rings. The third-order valence-electron chi connectivity index (χ3n) is 3.26. The Bertz CT molecular complexity index is 207. The molecule has 0 spiro atoms. The number of hydrogen-bond acceptors (Lipinski definition) is 2. The molecule has 4 nitrogen and oxygen atoms in total. The van der Waals surface area contributed by atoms with Gasteiger partial charge in [0.15, 0.2) is 0 Å². The van der Waals surface area contributed by atoms with Gasteiger partial charge in [-0.3, -0.25) is 0 Å². The average Bonchev–Trinajstić information content (AvgIpc) is 2.87. The second-order valence-corrected chi connectivity index (χ2v) is 4.23. The van der Waals surface area contributed by atoms with Gasteiger partial charge in [-0.05, 0) is 25.8 Å². The number of rotatable bonds is 1. The fourth-order valence-electron chi connectivity index (χ4n) is 2.26. The first kappa shape index (κ1) is 9.77. The lowest BCUT2D eigenvalue weighted by Crippen LogP contribution is -2.45. The normalized spacial score (nSPS) is 26.9. The van der Waals surface area contributed by atoms with Crippen LogP contribution in [0.25, 0.3) is 0 Å². The molecule has 14 heavy (non-hydrogen) atoms. The fourth-order valence-corrected chi connectivity index (χ4v) is 2.26. The lowest BCUT2D eigenvalue weighted by molar-refractivity contribution is 0.159. The van der Waals surface area contributed by atoms with Crippen LogP contribution in [-0.4, -0.2) is 55.1 Å². The van der Waals surface area contributed by atoms with E-state index in [0.29, 0.717) is 6.04 Å². The summed E-state index contributed by atoms with van der Waals surface area (Å²) in [6.07, 6.45) is 3.43. The zero-order valence-corrected chi connectivity index (χ0v) is 8.83. The van der Waals surface area contributed by atoms with Crippen LogP contribution in [0.4, 0.5) is 4.79 Å². The van der Waals surface area contributed by atoms with Gasteiger partial charge in [-0.2, -0.15) is 0 Å². The van der Waals surface area contributed by atoms with Crippen molar-refractivity contribution in [1.29, 1.82) is 0 Å². The zero-order valence-electron chi connectivity index (χ0n) is 8.83. The second-order valence-electron chi connectivity index (χ2n) is 4.23. The van der Waals surface area contributed by atoms with Crippen LogP contribution in [0, 0.1) is 0 Å². The van der Waals surface area contributed by atoms with Crippen LogP contribution in [0.5, 0.6) is 0 Å². The first-order valence-electron chi connectivity index (χ1n) is 5.51. The lowest BCUT2D eigenvalue weighted by Gasteiger charge is -2.28. The van der Waals surface area contributed by atoms with Crippen molar-refractivity contribution in [3.05, 3.63) is 0 Å². The molecule has 0 saturated carbocycles. The van der Waals surface area contributed by atoms with Crippen LogP contribution in [0.3, 0.4) is 0 Å². The van der Waals surface area contributed by atoms with Gasteiger partial charge in [-0.25, -0.2) is 4.79 Å². The van der Waals surface area contributed by atoms with E-state index < -0.39 is 0 Å². The van der Waals surface area contributed by atoms with Crippen molar-refractivity contribution in [3.8, 4) is 0 Å². The summed E-state index contributed by atoms with van der Waals surface area (Å²) in [6, 6.07) is 0.624. The minimum absolute atomic E-state index is 0.219. The van der Waals surface area contributed by atoms with Gasteiger partial charge < -0.3 is 15.1 Å². The molecule has 1 atom stereocenters. The molecule has 0 aromatic heterocycles. The molecule has 80 valence electrons. The third-order valence-corrected chi connectivity index (χ3v) is 3.26. The van der Waals surface area contributed by atoms with Gasteiger partial charge in [-0.1, -0.05) is 0 Å². The number of likely N-dealkylation sites (tertiary alicyclic amines) is 1. The minimum atomic E-state index is 0.219. The number of amides is 2. The van der Waals surface area contributed by atoms with Gasteiger partial charge in [0.1, 0.15) is 0 Å². The summed E-state index contributed by atoms with van der Waals surface area (Å²) >= 11 is 0. The largest absolute Gasteiger partial charge is 0.325 e. The monoisotopic (exact) mass is 197 g/mol. The molecule has 2 aliphatic heterocycles. The van der Waals surface area contributed by atoms with Gasteiger partial charge in [0.2, 0.25) is 0 Å². The van der Waals surface area contributed by atoms with Crippen molar-refractivity contribution in [2.24, 2.45) is 0 Å². The number of likely N-dealkylation sites (N-methyl/N-ethyl adjacent to an activating group) is 1. The fraction of sp³-hybridized carbons (Fsp3) is 0.900. The Labute approximate surface area is 85.2 Å². The molecule has 2 saturated heterocycles. The molecule has 0 radical (unpaired) electrons. The predicted molar refractivity (Wildman–Crippen MR) is 55.2 cm³/mol. The Kier molecular flexibility index (Phi) is 2.91. The van der Waals surface area contributed by atoms with E-state index in [2.05, 4.69) is 5.32 Å². The average molecular weight is 197 g/mol. The highest BCUT2D eigenvalue weighted by Crippen LogP contribution is 2.13. The quantitative estimate of drug-likeness (QED) is 0.664. The van der Waals surface area contributed by atoms with Crippen LogP contribution in [-0.2, 0) is 0 Å². The van der Waals surface area contributed by atoms with E-state index in [9.17, 15) is 4.79 Å². The summed E-state index contributed by atoms with van der Waals surface area (Å²) in [5.74, 6) is 0. The summed E-state index contributed by atoms with van der Waals surface area (Å²) in [5, 5.41) is 3.29. The van der Waals surface area contributed by atoms with Crippen molar-refractivity contribution < 1.29 is 4.79 Å². The molecule has 1 N–H and O–H groups in total. The second kappa shape index (κ2) is 4.17. The first-order valence-corrected chi connectivity index (χ1v) is 5.51. The number of nitrogens with zero attached hydrogens (tertiary/aromatic N) is 2. The molecular weight excluding hydrogens is 178 g/mol. The number of urea groups is 1. The summed E-state index contributed by atoms with van der Waals surface area (Å²) < 4.78 is 0. The number of hydrogen-bond donors (Lipinski definition) is 1. The SMILES string of the molecule is CN(C(=O)N1CCCC1)[C@H]1CCNC1.